The van der Waals surface area contributed by atoms with Crippen molar-refractivity contribution in [2.45, 2.75) is 6.42 Å². The van der Waals surface area contributed by atoms with E-state index in [1.807, 2.05) is 24.3 Å². The van der Waals surface area contributed by atoms with Crippen LogP contribution in [-0.4, -0.2) is 18.4 Å². The zero-order valence-electron chi connectivity index (χ0n) is 14.1. The number of carbonyl (C=O) groups excluding carboxylic acids is 2. The van der Waals surface area contributed by atoms with E-state index >= 15 is 0 Å². The molecule has 128 valence electrons. The van der Waals surface area contributed by atoms with Gasteiger partial charge in [-0.15, -0.1) is 0 Å². The Morgan fingerprint density at radius 2 is 1.38 bits per heavy atom. The minimum Gasteiger partial charge on any atom is -0.493 e. The van der Waals surface area contributed by atoms with Crippen molar-refractivity contribution in [3.63, 3.8) is 0 Å². The molecule has 0 aliphatic carbocycles. The third kappa shape index (κ3) is 2.97. The molecule has 0 N–H and O–H groups in total. The fourth-order valence-electron chi connectivity index (χ4n) is 3.07. The molecule has 4 heteroatoms. The molecule has 1 aliphatic rings. The van der Waals surface area contributed by atoms with E-state index in [1.54, 1.807) is 42.5 Å². The first-order chi connectivity index (χ1) is 12.7. The highest BCUT2D eigenvalue weighted by atomic mass is 16.5. The van der Waals surface area contributed by atoms with Gasteiger partial charge in [0, 0.05) is 12.5 Å². The molecule has 3 aromatic rings. The smallest absolute Gasteiger partial charge is 0.266 e. The highest BCUT2D eigenvalue weighted by molar-refractivity contribution is 6.34. The number of carbonyl (C=O) groups is 2. The lowest BCUT2D eigenvalue weighted by Gasteiger charge is -2.15. The molecule has 4 rings (SSSR count). The number of rotatable bonds is 5. The average molecular weight is 343 g/mol. The summed E-state index contributed by atoms with van der Waals surface area (Å²) in [5.41, 5.74) is 2.60. The second-order valence-electron chi connectivity index (χ2n) is 6.07. The predicted octanol–water partition coefficient (Wildman–Crippen LogP) is 4.11. The highest BCUT2D eigenvalue weighted by Crippen LogP contribution is 2.30. The monoisotopic (exact) mass is 343 g/mol. The van der Waals surface area contributed by atoms with Crippen LogP contribution < -0.4 is 9.64 Å². The van der Waals surface area contributed by atoms with E-state index < -0.39 is 0 Å². The van der Waals surface area contributed by atoms with Crippen molar-refractivity contribution in [3.8, 4) is 5.75 Å². The van der Waals surface area contributed by atoms with Crippen LogP contribution >= 0.6 is 0 Å². The molecule has 0 atom stereocenters. The lowest BCUT2D eigenvalue weighted by molar-refractivity contribution is 0.0926. The van der Waals surface area contributed by atoms with Gasteiger partial charge in [0.1, 0.15) is 5.75 Å². The number of amides is 2. The van der Waals surface area contributed by atoms with Crippen LogP contribution in [-0.2, 0) is 6.42 Å². The summed E-state index contributed by atoms with van der Waals surface area (Å²) in [6.45, 7) is 0.523. The molecule has 0 unspecified atom stereocenters. The summed E-state index contributed by atoms with van der Waals surface area (Å²) in [4.78, 5) is 26.4. The van der Waals surface area contributed by atoms with E-state index in [1.165, 1.54) is 10.5 Å². The van der Waals surface area contributed by atoms with Gasteiger partial charge in [0.25, 0.3) is 11.8 Å². The summed E-state index contributed by atoms with van der Waals surface area (Å²) in [5, 5.41) is 0. The van der Waals surface area contributed by atoms with Crippen LogP contribution in [0.15, 0.2) is 78.9 Å². The third-order valence-electron chi connectivity index (χ3n) is 4.37. The van der Waals surface area contributed by atoms with Crippen LogP contribution in [0.25, 0.3) is 0 Å². The lowest BCUT2D eigenvalue weighted by atomic mass is 10.1. The minimum atomic E-state index is -0.299. The van der Waals surface area contributed by atoms with Gasteiger partial charge in [-0.1, -0.05) is 48.5 Å². The van der Waals surface area contributed by atoms with Gasteiger partial charge in [-0.3, -0.25) is 9.59 Å². The Hall–Kier alpha value is -3.40. The first-order valence-electron chi connectivity index (χ1n) is 8.48. The van der Waals surface area contributed by atoms with Crippen LogP contribution in [0.5, 0.6) is 5.75 Å². The zero-order valence-corrected chi connectivity index (χ0v) is 14.1. The number of anilines is 1. The summed E-state index contributed by atoms with van der Waals surface area (Å²) in [7, 11) is 0. The summed E-state index contributed by atoms with van der Waals surface area (Å²) in [6.07, 6.45) is 0.790. The number of imide groups is 1. The number of hydrogen-bond donors (Lipinski definition) is 0. The Labute approximate surface area is 151 Å². The minimum absolute atomic E-state index is 0.299. The molecule has 4 nitrogen and oxygen atoms in total. The molecule has 1 aliphatic heterocycles. The van der Waals surface area contributed by atoms with Gasteiger partial charge in [0.2, 0.25) is 0 Å². The van der Waals surface area contributed by atoms with Crippen molar-refractivity contribution in [2.24, 2.45) is 0 Å². The Kier molecular flexibility index (Phi) is 4.23. The second-order valence-corrected chi connectivity index (χ2v) is 6.07. The molecule has 0 saturated heterocycles. The van der Waals surface area contributed by atoms with E-state index in [9.17, 15) is 9.59 Å². The number of nitrogens with zero attached hydrogens (tertiary/aromatic N) is 1. The van der Waals surface area contributed by atoms with Gasteiger partial charge >= 0.3 is 0 Å². The number of ether oxygens (including phenoxy) is 1. The van der Waals surface area contributed by atoms with Gasteiger partial charge in [-0.2, -0.15) is 0 Å². The molecule has 0 saturated carbocycles. The summed E-state index contributed by atoms with van der Waals surface area (Å²) >= 11 is 0. The first-order valence-corrected chi connectivity index (χ1v) is 8.48. The average Bonchev–Trinajstić information content (AvgIpc) is 2.94. The van der Waals surface area contributed by atoms with Gasteiger partial charge in [0.05, 0.1) is 23.4 Å². The van der Waals surface area contributed by atoms with Gasteiger partial charge in [0.15, 0.2) is 0 Å². The quantitative estimate of drug-likeness (QED) is 0.655. The predicted molar refractivity (Wildman–Crippen MR) is 99.7 cm³/mol. The second kappa shape index (κ2) is 6.84. The van der Waals surface area contributed by atoms with Crippen molar-refractivity contribution in [1.82, 2.24) is 0 Å². The molecule has 1 heterocycles. The van der Waals surface area contributed by atoms with E-state index in [0.29, 0.717) is 29.2 Å². The molecule has 2 amide bonds. The van der Waals surface area contributed by atoms with Gasteiger partial charge < -0.3 is 4.74 Å². The van der Waals surface area contributed by atoms with E-state index in [4.69, 9.17) is 4.74 Å². The van der Waals surface area contributed by atoms with Crippen LogP contribution in [0.4, 0.5) is 5.69 Å². The van der Waals surface area contributed by atoms with Crippen LogP contribution in [0.3, 0.4) is 0 Å². The van der Waals surface area contributed by atoms with Crippen molar-refractivity contribution in [3.05, 3.63) is 95.6 Å². The normalized spacial score (nSPS) is 13.0. The topological polar surface area (TPSA) is 46.6 Å². The molecular formula is C22H17NO3. The van der Waals surface area contributed by atoms with Gasteiger partial charge in [-0.25, -0.2) is 4.90 Å². The van der Waals surface area contributed by atoms with E-state index in [2.05, 4.69) is 12.1 Å². The molecular weight excluding hydrogens is 326 g/mol. The molecule has 0 fully saturated rings. The molecule has 0 aromatic heterocycles. The van der Waals surface area contributed by atoms with Crippen molar-refractivity contribution < 1.29 is 14.3 Å². The fourth-order valence-corrected chi connectivity index (χ4v) is 3.07. The zero-order chi connectivity index (χ0) is 17.9. The summed E-state index contributed by atoms with van der Waals surface area (Å²) in [6, 6.07) is 24.0. The Morgan fingerprint density at radius 1 is 0.731 bits per heavy atom. The SMILES string of the molecule is O=C1c2ccccc2C(=O)N1c1cccc(OCCc2ccccc2)c1. The van der Waals surface area contributed by atoms with Crippen molar-refractivity contribution >= 4 is 17.5 Å². The maximum atomic E-state index is 12.6. The van der Waals surface area contributed by atoms with Crippen LogP contribution in [0.1, 0.15) is 26.3 Å². The summed E-state index contributed by atoms with van der Waals surface area (Å²) < 4.78 is 5.81. The fraction of sp³-hybridized carbons (Fsp3) is 0.0909. The molecule has 3 aromatic carbocycles. The van der Waals surface area contributed by atoms with E-state index in [0.717, 1.165) is 6.42 Å². The number of fused-ring (bicyclic) bond motifs is 1. The molecule has 0 bridgehead atoms. The Morgan fingerprint density at radius 3 is 2.08 bits per heavy atom. The maximum Gasteiger partial charge on any atom is 0.266 e. The summed E-state index contributed by atoms with van der Waals surface area (Å²) in [5.74, 6) is 0.0362. The highest BCUT2D eigenvalue weighted by Gasteiger charge is 2.36. The lowest BCUT2D eigenvalue weighted by Crippen LogP contribution is -2.29. The van der Waals surface area contributed by atoms with Crippen LogP contribution in [0, 0.1) is 0 Å². The van der Waals surface area contributed by atoms with Crippen molar-refractivity contribution in [1.29, 1.82) is 0 Å². The van der Waals surface area contributed by atoms with Crippen molar-refractivity contribution in [2.75, 3.05) is 11.5 Å². The molecule has 0 radical (unpaired) electrons. The largest absolute Gasteiger partial charge is 0.493 e. The first kappa shape index (κ1) is 16.1. The van der Waals surface area contributed by atoms with E-state index in [-0.39, 0.29) is 11.8 Å². The number of benzene rings is 3. The van der Waals surface area contributed by atoms with Crippen LogP contribution in [0.2, 0.25) is 0 Å². The Balaban J connectivity index is 1.50. The molecule has 0 spiro atoms. The maximum absolute atomic E-state index is 12.6. The number of hydrogen-bond acceptors (Lipinski definition) is 3. The Bertz CT molecular complexity index is 931. The third-order valence-corrected chi connectivity index (χ3v) is 4.37. The standard InChI is InChI=1S/C22H17NO3/c24-21-19-11-4-5-12-20(19)22(25)23(21)17-9-6-10-18(15-17)26-14-13-16-7-2-1-3-8-16/h1-12,15H,13-14H2. The van der Waals surface area contributed by atoms with Gasteiger partial charge in [-0.05, 0) is 29.8 Å². The molecule has 26 heavy (non-hydrogen) atoms.